The third-order valence-electron chi connectivity index (χ3n) is 3.35. The number of carbonyl (C=O) groups excluding carboxylic acids is 1. The van der Waals surface area contributed by atoms with Crippen LogP contribution >= 0.6 is 15.9 Å². The second kappa shape index (κ2) is 7.53. The summed E-state index contributed by atoms with van der Waals surface area (Å²) < 4.78 is 30.7. The molecule has 1 aliphatic heterocycles. The minimum atomic E-state index is -0.530. The highest BCUT2D eigenvalue weighted by atomic mass is 79.9. The molecule has 2 aromatic rings. The third-order valence-corrected chi connectivity index (χ3v) is 3.84. The SMILES string of the molecule is O=C(COc1ccc(Br)cc1F)NC[C@@H]1COc2ccccc2O1. The molecule has 0 aromatic heterocycles. The maximum atomic E-state index is 13.6. The summed E-state index contributed by atoms with van der Waals surface area (Å²) >= 11 is 3.16. The van der Waals surface area contributed by atoms with Crippen LogP contribution in [0, 0.1) is 5.82 Å². The smallest absolute Gasteiger partial charge is 0.258 e. The molecule has 2 aromatic carbocycles. The van der Waals surface area contributed by atoms with Gasteiger partial charge in [-0.1, -0.05) is 28.1 Å². The van der Waals surface area contributed by atoms with Gasteiger partial charge in [-0.25, -0.2) is 4.39 Å². The second-order valence-corrected chi connectivity index (χ2v) is 6.08. The normalized spacial score (nSPS) is 15.7. The summed E-state index contributed by atoms with van der Waals surface area (Å²) in [6, 6.07) is 11.7. The first kappa shape index (κ1) is 16.6. The molecule has 3 rings (SSSR count). The maximum absolute atomic E-state index is 13.6. The highest BCUT2D eigenvalue weighted by Gasteiger charge is 2.21. The summed E-state index contributed by atoms with van der Waals surface area (Å²) in [5.74, 6) is 0.474. The van der Waals surface area contributed by atoms with Crippen molar-refractivity contribution >= 4 is 21.8 Å². The largest absolute Gasteiger partial charge is 0.486 e. The number of ether oxygens (including phenoxy) is 3. The van der Waals surface area contributed by atoms with Crippen molar-refractivity contribution in [3.63, 3.8) is 0 Å². The van der Waals surface area contributed by atoms with Crippen LogP contribution in [0.3, 0.4) is 0 Å². The predicted molar refractivity (Wildman–Crippen MR) is 89.0 cm³/mol. The molecule has 1 N–H and O–H groups in total. The summed E-state index contributed by atoms with van der Waals surface area (Å²) in [6.07, 6.45) is -0.284. The van der Waals surface area contributed by atoms with Crippen molar-refractivity contribution in [2.75, 3.05) is 19.8 Å². The molecule has 0 fully saturated rings. The number of fused-ring (bicyclic) bond motifs is 1. The monoisotopic (exact) mass is 395 g/mol. The van der Waals surface area contributed by atoms with Crippen LogP contribution < -0.4 is 19.5 Å². The number of hydrogen-bond acceptors (Lipinski definition) is 4. The van der Waals surface area contributed by atoms with Crippen LogP contribution in [0.2, 0.25) is 0 Å². The van der Waals surface area contributed by atoms with Crippen LogP contribution in [0.1, 0.15) is 0 Å². The molecule has 1 atom stereocenters. The van der Waals surface area contributed by atoms with Crippen molar-refractivity contribution in [2.45, 2.75) is 6.10 Å². The minimum absolute atomic E-state index is 0.0273. The zero-order chi connectivity index (χ0) is 16.9. The van der Waals surface area contributed by atoms with Crippen LogP contribution in [-0.4, -0.2) is 31.8 Å². The highest BCUT2D eigenvalue weighted by molar-refractivity contribution is 9.10. The van der Waals surface area contributed by atoms with Crippen molar-refractivity contribution in [2.24, 2.45) is 0 Å². The molecule has 5 nitrogen and oxygen atoms in total. The van der Waals surface area contributed by atoms with Gasteiger partial charge in [0.1, 0.15) is 12.7 Å². The van der Waals surface area contributed by atoms with E-state index in [-0.39, 0.29) is 30.9 Å². The summed E-state index contributed by atoms with van der Waals surface area (Å²) in [4.78, 5) is 11.8. The predicted octanol–water partition coefficient (Wildman–Crippen LogP) is 2.92. The molecule has 0 saturated carbocycles. The molecule has 0 aliphatic carbocycles. The van der Waals surface area contributed by atoms with Gasteiger partial charge in [-0.3, -0.25) is 4.79 Å². The molecule has 0 bridgehead atoms. The molecule has 24 heavy (non-hydrogen) atoms. The molecule has 0 saturated heterocycles. The van der Waals surface area contributed by atoms with Crippen LogP contribution in [0.5, 0.6) is 17.2 Å². The van der Waals surface area contributed by atoms with Gasteiger partial charge in [-0.05, 0) is 30.3 Å². The van der Waals surface area contributed by atoms with E-state index in [0.29, 0.717) is 22.6 Å². The van der Waals surface area contributed by atoms with Crippen LogP contribution in [0.15, 0.2) is 46.9 Å². The topological polar surface area (TPSA) is 56.8 Å². The lowest BCUT2D eigenvalue weighted by atomic mass is 10.2. The van der Waals surface area contributed by atoms with Crippen molar-refractivity contribution in [3.8, 4) is 17.2 Å². The van der Waals surface area contributed by atoms with Gasteiger partial charge in [0.25, 0.3) is 5.91 Å². The van der Waals surface area contributed by atoms with E-state index in [1.54, 1.807) is 6.07 Å². The molecule has 7 heteroatoms. The Hall–Kier alpha value is -2.28. The number of carbonyl (C=O) groups is 1. The van der Waals surface area contributed by atoms with E-state index >= 15 is 0 Å². The molecule has 0 unspecified atom stereocenters. The zero-order valence-electron chi connectivity index (χ0n) is 12.6. The van der Waals surface area contributed by atoms with Gasteiger partial charge in [-0.15, -0.1) is 0 Å². The first-order valence-electron chi connectivity index (χ1n) is 7.35. The number of halogens is 2. The van der Waals surface area contributed by atoms with Crippen molar-refractivity contribution in [1.29, 1.82) is 0 Å². The molecular weight excluding hydrogens is 381 g/mol. The van der Waals surface area contributed by atoms with E-state index < -0.39 is 5.82 Å². The van der Waals surface area contributed by atoms with Crippen LogP contribution in [-0.2, 0) is 4.79 Å². The fourth-order valence-electron chi connectivity index (χ4n) is 2.18. The Kier molecular flexibility index (Phi) is 5.20. The van der Waals surface area contributed by atoms with Gasteiger partial charge in [0.2, 0.25) is 0 Å². The molecule has 0 spiro atoms. The van der Waals surface area contributed by atoms with Crippen molar-refractivity contribution < 1.29 is 23.4 Å². The number of hydrogen-bond donors (Lipinski definition) is 1. The first-order valence-corrected chi connectivity index (χ1v) is 8.14. The van der Waals surface area contributed by atoms with E-state index in [1.807, 2.05) is 24.3 Å². The molecular formula is C17H15BrFNO4. The summed E-state index contributed by atoms with van der Waals surface area (Å²) in [6.45, 7) is 0.349. The van der Waals surface area contributed by atoms with Crippen molar-refractivity contribution in [3.05, 3.63) is 52.8 Å². The van der Waals surface area contributed by atoms with Gasteiger partial charge >= 0.3 is 0 Å². The van der Waals surface area contributed by atoms with Crippen molar-refractivity contribution in [1.82, 2.24) is 5.32 Å². The number of rotatable bonds is 5. The first-order chi connectivity index (χ1) is 11.6. The van der Waals surface area contributed by atoms with Crippen LogP contribution in [0.4, 0.5) is 4.39 Å². The standard InChI is InChI=1S/C17H15BrFNO4/c18-11-5-6-14(13(19)7-11)23-10-17(21)20-8-12-9-22-15-3-1-2-4-16(15)24-12/h1-7,12H,8-10H2,(H,20,21)/t12-/m1/s1. The van der Waals surface area contributed by atoms with E-state index in [0.717, 1.165) is 0 Å². The van der Waals surface area contributed by atoms with E-state index in [1.165, 1.54) is 12.1 Å². The Balaban J connectivity index is 1.45. The van der Waals surface area contributed by atoms with Gasteiger partial charge < -0.3 is 19.5 Å². The average molecular weight is 396 g/mol. The zero-order valence-corrected chi connectivity index (χ0v) is 14.2. The molecule has 0 radical (unpaired) electrons. The Morgan fingerprint density at radius 2 is 2.08 bits per heavy atom. The van der Waals surface area contributed by atoms with Gasteiger partial charge in [0.05, 0.1) is 6.54 Å². The third kappa shape index (κ3) is 4.17. The quantitative estimate of drug-likeness (QED) is 0.845. The summed E-state index contributed by atoms with van der Waals surface area (Å²) in [7, 11) is 0. The Bertz CT molecular complexity index is 740. The van der Waals surface area contributed by atoms with Gasteiger partial charge in [-0.2, -0.15) is 0 Å². The number of amides is 1. The van der Waals surface area contributed by atoms with E-state index in [2.05, 4.69) is 21.2 Å². The fourth-order valence-corrected chi connectivity index (χ4v) is 2.51. The lowest BCUT2D eigenvalue weighted by Gasteiger charge is -2.26. The number of benzene rings is 2. The summed E-state index contributed by atoms with van der Waals surface area (Å²) in [5, 5.41) is 2.68. The Morgan fingerprint density at radius 3 is 2.88 bits per heavy atom. The Morgan fingerprint density at radius 1 is 1.29 bits per heavy atom. The minimum Gasteiger partial charge on any atom is -0.486 e. The maximum Gasteiger partial charge on any atom is 0.258 e. The van der Waals surface area contributed by atoms with Gasteiger partial charge in [0, 0.05) is 4.47 Å². The molecule has 1 amide bonds. The number of para-hydroxylation sites is 2. The molecule has 1 aliphatic rings. The highest BCUT2D eigenvalue weighted by Crippen LogP contribution is 2.30. The molecule has 1 heterocycles. The summed E-state index contributed by atoms with van der Waals surface area (Å²) in [5.41, 5.74) is 0. The lowest BCUT2D eigenvalue weighted by molar-refractivity contribution is -0.123. The van der Waals surface area contributed by atoms with Gasteiger partial charge in [0.15, 0.2) is 29.7 Å². The van der Waals surface area contributed by atoms with Crippen LogP contribution in [0.25, 0.3) is 0 Å². The lowest BCUT2D eigenvalue weighted by Crippen LogP contribution is -2.42. The number of nitrogens with one attached hydrogen (secondary N) is 1. The van der Waals surface area contributed by atoms with E-state index in [9.17, 15) is 9.18 Å². The average Bonchev–Trinajstić information content (AvgIpc) is 2.59. The molecule has 126 valence electrons. The fraction of sp³-hybridized carbons (Fsp3) is 0.235. The van der Waals surface area contributed by atoms with E-state index in [4.69, 9.17) is 14.2 Å². The Labute approximate surface area is 146 Å². The second-order valence-electron chi connectivity index (χ2n) is 5.17.